The lowest BCUT2D eigenvalue weighted by Gasteiger charge is -2.27. The normalized spacial score (nSPS) is 18.9. The van der Waals surface area contributed by atoms with E-state index in [9.17, 15) is 13.2 Å². The third kappa shape index (κ3) is 3.97. The van der Waals surface area contributed by atoms with Crippen molar-refractivity contribution in [3.63, 3.8) is 0 Å². The average molecular weight is 400 g/mol. The monoisotopic (exact) mass is 399 g/mol. The molecule has 148 valence electrons. The highest BCUT2D eigenvalue weighted by Gasteiger charge is 2.27. The van der Waals surface area contributed by atoms with Gasteiger partial charge in [-0.05, 0) is 36.5 Å². The topological polar surface area (TPSA) is 62.6 Å². The molecule has 28 heavy (non-hydrogen) atoms. The maximum Gasteiger partial charge on any atom is 0.251 e. The van der Waals surface area contributed by atoms with Crippen LogP contribution < -0.4 is 5.56 Å². The fourth-order valence-electron chi connectivity index (χ4n) is 3.82. The zero-order valence-corrected chi connectivity index (χ0v) is 16.6. The number of sulfonamides is 1. The molecule has 7 heteroatoms. The molecule has 0 bridgehead atoms. The minimum Gasteiger partial charge on any atom is -0.301 e. The van der Waals surface area contributed by atoms with Crippen molar-refractivity contribution < 1.29 is 8.42 Å². The van der Waals surface area contributed by atoms with Gasteiger partial charge in [0.15, 0.2) is 0 Å². The van der Waals surface area contributed by atoms with Gasteiger partial charge in [-0.25, -0.2) is 8.42 Å². The van der Waals surface area contributed by atoms with Crippen molar-refractivity contribution in [1.82, 2.24) is 13.8 Å². The molecular weight excluding hydrogens is 374 g/mol. The first-order valence-electron chi connectivity index (χ1n) is 9.71. The van der Waals surface area contributed by atoms with Gasteiger partial charge in [0.05, 0.1) is 11.6 Å². The molecule has 1 aromatic heterocycles. The molecule has 2 aliphatic heterocycles. The van der Waals surface area contributed by atoms with Gasteiger partial charge in [-0.1, -0.05) is 36.4 Å². The van der Waals surface area contributed by atoms with Gasteiger partial charge < -0.3 is 4.57 Å². The Hall–Kier alpha value is -2.22. The molecule has 0 atom stereocenters. The van der Waals surface area contributed by atoms with Gasteiger partial charge >= 0.3 is 0 Å². The molecular formula is C21H25N3O3S. The van der Waals surface area contributed by atoms with Crippen LogP contribution in [0.5, 0.6) is 0 Å². The summed E-state index contributed by atoms with van der Waals surface area (Å²) in [7, 11) is -3.52. The van der Waals surface area contributed by atoms with E-state index in [2.05, 4.69) is 23.1 Å². The van der Waals surface area contributed by atoms with E-state index in [0.717, 1.165) is 32.4 Å². The molecule has 1 saturated heterocycles. The average Bonchev–Trinajstić information content (AvgIpc) is 3.27. The molecule has 0 amide bonds. The van der Waals surface area contributed by atoms with E-state index in [1.807, 2.05) is 18.2 Å². The number of hydrogen-bond acceptors (Lipinski definition) is 4. The Balaban J connectivity index is 1.50. The minimum atomic E-state index is -3.52. The van der Waals surface area contributed by atoms with Crippen molar-refractivity contribution in [1.29, 1.82) is 0 Å². The maximum atomic E-state index is 12.8. The summed E-state index contributed by atoms with van der Waals surface area (Å²) in [6, 6.07) is 13.1. The van der Waals surface area contributed by atoms with E-state index in [4.69, 9.17) is 0 Å². The standard InChI is InChI=1S/C21H25N3O3S/c25-21-9-8-20(28(26,27)24-12-4-5-13-24)16-23(21)17-22-14-10-19(11-15-22)18-6-2-1-3-7-18/h1-3,6-10,16H,4-5,11-15,17H2. The van der Waals surface area contributed by atoms with E-state index < -0.39 is 10.0 Å². The summed E-state index contributed by atoms with van der Waals surface area (Å²) in [4.78, 5) is 14.6. The Morgan fingerprint density at radius 3 is 2.36 bits per heavy atom. The Labute approximate surface area is 165 Å². The molecule has 4 rings (SSSR count). The van der Waals surface area contributed by atoms with Gasteiger partial charge in [-0.3, -0.25) is 9.69 Å². The number of benzene rings is 1. The zero-order valence-electron chi connectivity index (χ0n) is 15.8. The number of nitrogens with zero attached hydrogens (tertiary/aromatic N) is 3. The fourth-order valence-corrected chi connectivity index (χ4v) is 5.36. The van der Waals surface area contributed by atoms with Crippen LogP contribution in [0.2, 0.25) is 0 Å². The number of pyridine rings is 1. The van der Waals surface area contributed by atoms with Crippen molar-refractivity contribution in [3.05, 3.63) is 70.7 Å². The fraction of sp³-hybridized carbons (Fsp3) is 0.381. The van der Waals surface area contributed by atoms with Crippen LogP contribution in [0.4, 0.5) is 0 Å². The number of rotatable bonds is 5. The molecule has 2 aliphatic rings. The summed E-state index contributed by atoms with van der Waals surface area (Å²) in [5.41, 5.74) is 2.37. The summed E-state index contributed by atoms with van der Waals surface area (Å²) in [5.74, 6) is 0. The number of aromatic nitrogens is 1. The molecule has 3 heterocycles. The highest BCUT2D eigenvalue weighted by Crippen LogP contribution is 2.23. The summed E-state index contributed by atoms with van der Waals surface area (Å²) in [5, 5.41) is 0. The van der Waals surface area contributed by atoms with Gasteiger partial charge in [0.2, 0.25) is 10.0 Å². The Bertz CT molecular complexity index is 1020. The first-order valence-corrected chi connectivity index (χ1v) is 11.2. The molecule has 6 nitrogen and oxygen atoms in total. The van der Waals surface area contributed by atoms with Gasteiger partial charge in [-0.15, -0.1) is 0 Å². The Morgan fingerprint density at radius 1 is 0.929 bits per heavy atom. The highest BCUT2D eigenvalue weighted by atomic mass is 32.2. The summed E-state index contributed by atoms with van der Waals surface area (Å²) in [6.07, 6.45) is 6.37. The van der Waals surface area contributed by atoms with Crippen LogP contribution in [0.3, 0.4) is 0 Å². The molecule has 0 aliphatic carbocycles. The molecule has 0 unspecified atom stereocenters. The quantitative estimate of drug-likeness (QED) is 0.775. The van der Waals surface area contributed by atoms with Gasteiger partial charge in [0.1, 0.15) is 0 Å². The van der Waals surface area contributed by atoms with Crippen LogP contribution in [0, 0.1) is 0 Å². The number of hydrogen-bond donors (Lipinski definition) is 0. The van der Waals surface area contributed by atoms with Gasteiger partial charge in [0.25, 0.3) is 5.56 Å². The predicted molar refractivity (Wildman–Crippen MR) is 109 cm³/mol. The second-order valence-electron chi connectivity index (χ2n) is 7.35. The molecule has 0 spiro atoms. The second kappa shape index (κ2) is 8.03. The van der Waals surface area contributed by atoms with Crippen molar-refractivity contribution in [2.75, 3.05) is 26.2 Å². The van der Waals surface area contributed by atoms with Gasteiger partial charge in [-0.2, -0.15) is 4.31 Å². The van der Waals surface area contributed by atoms with E-state index in [0.29, 0.717) is 19.8 Å². The van der Waals surface area contributed by atoms with Crippen LogP contribution in [-0.4, -0.2) is 48.4 Å². The van der Waals surface area contributed by atoms with E-state index in [1.54, 1.807) is 0 Å². The van der Waals surface area contributed by atoms with Crippen molar-refractivity contribution in [3.8, 4) is 0 Å². The summed E-state index contributed by atoms with van der Waals surface area (Å²) in [6.45, 7) is 3.07. The smallest absolute Gasteiger partial charge is 0.251 e. The minimum absolute atomic E-state index is 0.182. The van der Waals surface area contributed by atoms with Crippen LogP contribution in [0.15, 0.2) is 64.4 Å². The molecule has 1 aromatic carbocycles. The molecule has 2 aromatic rings. The molecule has 0 radical (unpaired) electrons. The van der Waals surface area contributed by atoms with Crippen molar-refractivity contribution in [2.24, 2.45) is 0 Å². The van der Waals surface area contributed by atoms with E-state index in [1.165, 1.54) is 38.3 Å². The molecule has 1 fully saturated rings. The van der Waals surface area contributed by atoms with Crippen LogP contribution in [-0.2, 0) is 16.7 Å². The zero-order chi connectivity index (χ0) is 19.6. The first kappa shape index (κ1) is 19.1. The molecule has 0 N–H and O–H groups in total. The van der Waals surface area contributed by atoms with Crippen LogP contribution in [0.1, 0.15) is 24.8 Å². The summed E-state index contributed by atoms with van der Waals surface area (Å²) < 4.78 is 28.6. The van der Waals surface area contributed by atoms with Gasteiger partial charge in [0, 0.05) is 38.4 Å². The maximum absolute atomic E-state index is 12.8. The van der Waals surface area contributed by atoms with Crippen LogP contribution in [0.25, 0.3) is 5.57 Å². The lowest BCUT2D eigenvalue weighted by molar-refractivity contribution is 0.236. The predicted octanol–water partition coefficient (Wildman–Crippen LogP) is 2.38. The summed E-state index contributed by atoms with van der Waals surface area (Å²) >= 11 is 0. The molecule has 0 saturated carbocycles. The third-order valence-electron chi connectivity index (χ3n) is 5.45. The van der Waals surface area contributed by atoms with E-state index in [-0.39, 0.29) is 10.5 Å². The van der Waals surface area contributed by atoms with Crippen molar-refractivity contribution >= 4 is 15.6 Å². The van der Waals surface area contributed by atoms with E-state index >= 15 is 0 Å². The Morgan fingerprint density at radius 2 is 1.68 bits per heavy atom. The third-order valence-corrected chi connectivity index (χ3v) is 7.33. The SMILES string of the molecule is O=c1ccc(S(=O)(=O)N2CCCC2)cn1CN1CC=C(c2ccccc2)CC1. The first-order chi connectivity index (χ1) is 13.5. The van der Waals surface area contributed by atoms with Crippen LogP contribution >= 0.6 is 0 Å². The lowest BCUT2D eigenvalue weighted by atomic mass is 10.00. The second-order valence-corrected chi connectivity index (χ2v) is 9.29. The highest BCUT2D eigenvalue weighted by molar-refractivity contribution is 7.89. The lowest BCUT2D eigenvalue weighted by Crippen LogP contribution is -2.35. The Kier molecular flexibility index (Phi) is 5.48. The largest absolute Gasteiger partial charge is 0.301 e. The van der Waals surface area contributed by atoms with Crippen molar-refractivity contribution in [2.45, 2.75) is 30.8 Å².